The van der Waals surface area contributed by atoms with Crippen LogP contribution in [0.25, 0.3) is 0 Å². The Morgan fingerprint density at radius 1 is 1.00 bits per heavy atom. The van der Waals surface area contributed by atoms with Crippen molar-refractivity contribution in [3.63, 3.8) is 0 Å². The first-order chi connectivity index (χ1) is 11.1. The van der Waals surface area contributed by atoms with Gasteiger partial charge >= 0.3 is 0 Å². The molecule has 0 atom stereocenters. The fourth-order valence-electron chi connectivity index (χ4n) is 2.85. The van der Waals surface area contributed by atoms with Gasteiger partial charge in [0, 0.05) is 31.9 Å². The van der Waals surface area contributed by atoms with Crippen molar-refractivity contribution in [2.24, 2.45) is 0 Å². The van der Waals surface area contributed by atoms with Crippen LogP contribution in [0.15, 0.2) is 48.5 Å². The summed E-state index contributed by atoms with van der Waals surface area (Å²) >= 11 is 0. The Bertz CT molecular complexity index is 677. The van der Waals surface area contributed by atoms with Gasteiger partial charge in [-0.25, -0.2) is 0 Å². The minimum absolute atomic E-state index is 0.131. The molecule has 1 heterocycles. The normalized spacial score (nSPS) is 14.8. The average molecular weight is 311 g/mol. The Morgan fingerprint density at radius 3 is 2.30 bits per heavy atom. The maximum Gasteiger partial charge on any atom is 0.227 e. The summed E-state index contributed by atoms with van der Waals surface area (Å²) in [5, 5.41) is 9.92. The Labute approximate surface area is 135 Å². The number of carbonyl (C=O) groups excluding carboxylic acids is 1. The third kappa shape index (κ3) is 3.56. The average Bonchev–Trinajstić information content (AvgIpc) is 2.57. The number of para-hydroxylation sites is 2. The van der Waals surface area contributed by atoms with Crippen LogP contribution in [0.2, 0.25) is 0 Å². The summed E-state index contributed by atoms with van der Waals surface area (Å²) in [5.41, 5.74) is 8.18. The monoisotopic (exact) mass is 311 g/mol. The molecule has 2 aromatic carbocycles. The van der Waals surface area contributed by atoms with Crippen LogP contribution in [0.4, 0.5) is 11.4 Å². The van der Waals surface area contributed by atoms with E-state index >= 15 is 0 Å². The summed E-state index contributed by atoms with van der Waals surface area (Å²) in [6, 6.07) is 14.7. The Morgan fingerprint density at radius 2 is 1.65 bits per heavy atom. The third-order valence-corrected chi connectivity index (χ3v) is 4.19. The fourth-order valence-corrected chi connectivity index (χ4v) is 2.85. The molecule has 1 saturated heterocycles. The van der Waals surface area contributed by atoms with Gasteiger partial charge in [0.1, 0.15) is 5.75 Å². The number of nitrogens with zero attached hydrogens (tertiary/aromatic N) is 2. The van der Waals surface area contributed by atoms with E-state index in [1.54, 1.807) is 6.07 Å². The summed E-state index contributed by atoms with van der Waals surface area (Å²) < 4.78 is 0. The van der Waals surface area contributed by atoms with Crippen LogP contribution in [-0.2, 0) is 11.2 Å². The summed E-state index contributed by atoms with van der Waals surface area (Å²) in [7, 11) is 0. The highest BCUT2D eigenvalue weighted by molar-refractivity contribution is 5.79. The van der Waals surface area contributed by atoms with Gasteiger partial charge in [-0.3, -0.25) is 4.79 Å². The van der Waals surface area contributed by atoms with Gasteiger partial charge in [-0.05, 0) is 29.8 Å². The lowest BCUT2D eigenvalue weighted by molar-refractivity contribution is -0.130. The zero-order chi connectivity index (χ0) is 16.2. The van der Waals surface area contributed by atoms with E-state index in [0.29, 0.717) is 25.2 Å². The van der Waals surface area contributed by atoms with Gasteiger partial charge < -0.3 is 20.6 Å². The molecule has 0 bridgehead atoms. The predicted molar refractivity (Wildman–Crippen MR) is 91.5 cm³/mol. The van der Waals surface area contributed by atoms with Gasteiger partial charge in [0.05, 0.1) is 12.1 Å². The highest BCUT2D eigenvalue weighted by atomic mass is 16.3. The van der Waals surface area contributed by atoms with E-state index in [1.807, 2.05) is 47.4 Å². The van der Waals surface area contributed by atoms with E-state index in [0.717, 1.165) is 24.3 Å². The molecule has 23 heavy (non-hydrogen) atoms. The number of hydrogen-bond acceptors (Lipinski definition) is 4. The summed E-state index contributed by atoms with van der Waals surface area (Å²) in [6.45, 7) is 2.79. The van der Waals surface area contributed by atoms with E-state index in [9.17, 15) is 9.90 Å². The molecule has 120 valence electrons. The van der Waals surface area contributed by atoms with E-state index in [-0.39, 0.29) is 11.7 Å². The van der Waals surface area contributed by atoms with Gasteiger partial charge in [-0.1, -0.05) is 24.3 Å². The molecule has 1 aliphatic heterocycles. The van der Waals surface area contributed by atoms with Gasteiger partial charge in [0.25, 0.3) is 0 Å². The van der Waals surface area contributed by atoms with Crippen molar-refractivity contribution in [3.05, 3.63) is 54.1 Å². The lowest BCUT2D eigenvalue weighted by atomic mass is 10.1. The maximum atomic E-state index is 12.4. The summed E-state index contributed by atoms with van der Waals surface area (Å²) in [5.74, 6) is 0.417. The van der Waals surface area contributed by atoms with Gasteiger partial charge in [-0.2, -0.15) is 0 Å². The number of rotatable bonds is 3. The van der Waals surface area contributed by atoms with Crippen LogP contribution in [0.1, 0.15) is 5.56 Å². The molecule has 0 aromatic heterocycles. The third-order valence-electron chi connectivity index (χ3n) is 4.19. The molecule has 3 rings (SSSR count). The van der Waals surface area contributed by atoms with E-state index < -0.39 is 0 Å². The smallest absolute Gasteiger partial charge is 0.227 e. The number of amides is 1. The SMILES string of the molecule is Nc1ccc(CC(=O)N2CCN(c3ccccc3O)CC2)cc1. The molecular weight excluding hydrogens is 290 g/mol. The van der Waals surface area contributed by atoms with Crippen LogP contribution >= 0.6 is 0 Å². The van der Waals surface area contributed by atoms with E-state index in [2.05, 4.69) is 4.90 Å². The van der Waals surface area contributed by atoms with Gasteiger partial charge in [0.2, 0.25) is 5.91 Å². The molecular formula is C18H21N3O2. The van der Waals surface area contributed by atoms with Crippen LogP contribution in [0.3, 0.4) is 0 Å². The van der Waals surface area contributed by atoms with E-state index in [4.69, 9.17) is 5.73 Å². The number of benzene rings is 2. The molecule has 0 radical (unpaired) electrons. The largest absolute Gasteiger partial charge is 0.506 e. The molecule has 5 heteroatoms. The number of nitrogen functional groups attached to an aromatic ring is 1. The van der Waals surface area contributed by atoms with Crippen molar-refractivity contribution in [2.75, 3.05) is 36.8 Å². The van der Waals surface area contributed by atoms with Gasteiger partial charge in [-0.15, -0.1) is 0 Å². The molecule has 3 N–H and O–H groups in total. The van der Waals surface area contributed by atoms with Crippen LogP contribution in [-0.4, -0.2) is 42.1 Å². The van der Waals surface area contributed by atoms with Crippen molar-refractivity contribution >= 4 is 17.3 Å². The molecule has 0 aliphatic carbocycles. The van der Waals surface area contributed by atoms with E-state index in [1.165, 1.54) is 0 Å². The van der Waals surface area contributed by atoms with Crippen LogP contribution in [0, 0.1) is 0 Å². The second kappa shape index (κ2) is 6.60. The summed E-state index contributed by atoms with van der Waals surface area (Å²) in [6.07, 6.45) is 0.400. The molecule has 5 nitrogen and oxygen atoms in total. The summed E-state index contributed by atoms with van der Waals surface area (Å²) in [4.78, 5) is 16.4. The Kier molecular flexibility index (Phi) is 4.37. The zero-order valence-electron chi connectivity index (χ0n) is 13.0. The molecule has 2 aromatic rings. The molecule has 0 spiro atoms. The van der Waals surface area contributed by atoms with Crippen molar-refractivity contribution < 1.29 is 9.90 Å². The number of carbonyl (C=O) groups is 1. The highest BCUT2D eigenvalue weighted by Crippen LogP contribution is 2.27. The topological polar surface area (TPSA) is 69.8 Å². The zero-order valence-corrected chi connectivity index (χ0v) is 13.0. The maximum absolute atomic E-state index is 12.4. The number of nitrogens with two attached hydrogens (primary N) is 1. The Hall–Kier alpha value is -2.69. The number of phenolic OH excluding ortho intramolecular Hbond substituents is 1. The lowest BCUT2D eigenvalue weighted by Crippen LogP contribution is -2.49. The van der Waals surface area contributed by atoms with Crippen LogP contribution in [0.5, 0.6) is 5.75 Å². The molecule has 0 unspecified atom stereocenters. The molecule has 1 aliphatic rings. The first-order valence-corrected chi connectivity index (χ1v) is 7.78. The van der Waals surface area contributed by atoms with Crippen molar-refractivity contribution in [1.82, 2.24) is 4.90 Å². The lowest BCUT2D eigenvalue weighted by Gasteiger charge is -2.36. The molecule has 1 fully saturated rings. The molecule has 1 amide bonds. The second-order valence-corrected chi connectivity index (χ2v) is 5.77. The minimum Gasteiger partial charge on any atom is -0.506 e. The number of anilines is 2. The second-order valence-electron chi connectivity index (χ2n) is 5.77. The number of piperazine rings is 1. The van der Waals surface area contributed by atoms with Crippen LogP contribution < -0.4 is 10.6 Å². The predicted octanol–water partition coefficient (Wildman–Crippen LogP) is 1.87. The quantitative estimate of drug-likeness (QED) is 0.849. The Balaban J connectivity index is 1.57. The highest BCUT2D eigenvalue weighted by Gasteiger charge is 2.22. The van der Waals surface area contributed by atoms with Crippen molar-refractivity contribution in [1.29, 1.82) is 0 Å². The number of aromatic hydroxyl groups is 1. The van der Waals surface area contributed by atoms with Crippen molar-refractivity contribution in [2.45, 2.75) is 6.42 Å². The molecule has 0 saturated carbocycles. The minimum atomic E-state index is 0.131. The number of phenols is 1. The number of hydrogen-bond donors (Lipinski definition) is 2. The van der Waals surface area contributed by atoms with Gasteiger partial charge in [0.15, 0.2) is 0 Å². The first kappa shape index (κ1) is 15.2. The van der Waals surface area contributed by atoms with Crippen molar-refractivity contribution in [3.8, 4) is 5.75 Å². The standard InChI is InChI=1S/C18H21N3O2/c19-15-7-5-14(6-8-15)13-18(23)21-11-9-20(10-12-21)16-3-1-2-4-17(16)22/h1-8,22H,9-13,19H2. The fraction of sp³-hybridized carbons (Fsp3) is 0.278. The first-order valence-electron chi connectivity index (χ1n) is 7.78.